The first-order chi connectivity index (χ1) is 30.0. The van der Waals surface area contributed by atoms with Crippen LogP contribution in [0.2, 0.25) is 0 Å². The van der Waals surface area contributed by atoms with E-state index in [1.54, 1.807) is 0 Å². The van der Waals surface area contributed by atoms with Crippen LogP contribution in [-0.2, 0) is 31.6 Å². The third-order valence-electron chi connectivity index (χ3n) is 14.2. The number of benzene rings is 7. The quantitative estimate of drug-likeness (QED) is 0.104. The molecule has 320 valence electrons. The van der Waals surface area contributed by atoms with Crippen molar-refractivity contribution in [2.75, 3.05) is 0 Å². The third kappa shape index (κ3) is 8.48. The van der Waals surface area contributed by atoms with Crippen molar-refractivity contribution < 1.29 is 20.4 Å². The number of fused-ring (bicyclic) bond motifs is 3. The molecule has 0 unspecified atom stereocenters. The largest absolute Gasteiger partial charge is 0.508 e. The lowest BCUT2D eigenvalue weighted by atomic mass is 9.85. The van der Waals surface area contributed by atoms with Gasteiger partial charge in [-0.3, -0.25) is 9.80 Å². The first kappa shape index (κ1) is 41.8. The van der Waals surface area contributed by atoms with Crippen LogP contribution in [0.1, 0.15) is 113 Å². The lowest BCUT2D eigenvalue weighted by Crippen LogP contribution is -2.36. The van der Waals surface area contributed by atoms with Gasteiger partial charge in [-0.05, 0) is 104 Å². The highest BCUT2D eigenvalue weighted by Gasteiger charge is 2.28. The fourth-order valence-corrected chi connectivity index (χ4v) is 10.6. The molecule has 6 heteroatoms. The van der Waals surface area contributed by atoms with Crippen LogP contribution in [0.25, 0.3) is 43.4 Å². The number of nitrogens with zero attached hydrogens (tertiary/aromatic N) is 2. The maximum Gasteiger partial charge on any atom is 0.121 e. The average Bonchev–Trinajstić information content (AvgIpc) is 3.29. The van der Waals surface area contributed by atoms with E-state index in [1.165, 1.54) is 44.1 Å². The van der Waals surface area contributed by atoms with Gasteiger partial charge in [-0.25, -0.2) is 0 Å². The summed E-state index contributed by atoms with van der Waals surface area (Å²) >= 11 is 0. The average molecular weight is 827 g/mol. The van der Waals surface area contributed by atoms with E-state index in [9.17, 15) is 20.4 Å². The number of phenolic OH excluding ortho intramolecular Hbond substituents is 4. The Hall–Kier alpha value is -5.56. The molecule has 7 aromatic carbocycles. The summed E-state index contributed by atoms with van der Waals surface area (Å²) in [5.74, 6) is 1.08. The van der Waals surface area contributed by atoms with Crippen molar-refractivity contribution in [3.63, 3.8) is 0 Å². The summed E-state index contributed by atoms with van der Waals surface area (Å²) in [5.41, 5.74) is 6.50. The molecule has 6 nitrogen and oxygen atoms in total. The predicted molar refractivity (Wildman–Crippen MR) is 255 cm³/mol. The number of phenols is 4. The third-order valence-corrected chi connectivity index (χ3v) is 14.2. The molecule has 9 rings (SSSR count). The molecule has 0 radical (unpaired) electrons. The van der Waals surface area contributed by atoms with Crippen molar-refractivity contribution in [2.45, 2.75) is 129 Å². The molecule has 4 N–H and O–H groups in total. The first-order valence-electron chi connectivity index (χ1n) is 23.0. The van der Waals surface area contributed by atoms with E-state index in [-0.39, 0.29) is 16.9 Å². The summed E-state index contributed by atoms with van der Waals surface area (Å²) in [6, 6.07) is 39.3. The normalized spacial score (nSPS) is 15.7. The Bertz CT molecular complexity index is 2720. The van der Waals surface area contributed by atoms with Gasteiger partial charge in [0, 0.05) is 60.5 Å². The van der Waals surface area contributed by atoms with Crippen molar-refractivity contribution in [1.82, 2.24) is 9.80 Å². The van der Waals surface area contributed by atoms with Crippen LogP contribution in [0.4, 0.5) is 0 Å². The minimum atomic E-state index is -0.0462. The van der Waals surface area contributed by atoms with E-state index in [0.717, 1.165) is 91.4 Å². The number of rotatable bonds is 11. The zero-order valence-corrected chi connectivity index (χ0v) is 36.7. The monoisotopic (exact) mass is 826 g/mol. The van der Waals surface area contributed by atoms with Gasteiger partial charge in [0.2, 0.25) is 0 Å². The molecule has 2 fully saturated rings. The van der Waals surface area contributed by atoms with Crippen LogP contribution in [0, 0.1) is 0 Å². The summed E-state index contributed by atoms with van der Waals surface area (Å²) in [4.78, 5) is 4.96. The maximum absolute atomic E-state index is 12.2. The van der Waals surface area contributed by atoms with Crippen LogP contribution < -0.4 is 0 Å². The Balaban J connectivity index is 1.11. The maximum atomic E-state index is 12.2. The second-order valence-corrected chi connectivity index (χ2v) is 19.2. The number of hydrogen-bond donors (Lipinski definition) is 4. The molecule has 0 aromatic heterocycles. The second-order valence-electron chi connectivity index (χ2n) is 19.2. The van der Waals surface area contributed by atoms with Gasteiger partial charge in [0.05, 0.1) is 0 Å². The van der Waals surface area contributed by atoms with Crippen molar-refractivity contribution in [3.8, 4) is 34.1 Å². The van der Waals surface area contributed by atoms with Crippen molar-refractivity contribution in [3.05, 3.63) is 143 Å². The van der Waals surface area contributed by atoms with E-state index in [4.69, 9.17) is 0 Å². The lowest BCUT2D eigenvalue weighted by Gasteiger charge is -2.35. The molecule has 0 aliphatic heterocycles. The minimum Gasteiger partial charge on any atom is -0.508 e. The summed E-state index contributed by atoms with van der Waals surface area (Å²) in [7, 11) is 0. The van der Waals surface area contributed by atoms with Crippen molar-refractivity contribution in [1.29, 1.82) is 0 Å². The molecule has 2 saturated carbocycles. The summed E-state index contributed by atoms with van der Waals surface area (Å²) in [6.45, 7) is 8.87. The Kier molecular flexibility index (Phi) is 11.9. The van der Waals surface area contributed by atoms with Crippen LogP contribution in [0.5, 0.6) is 23.0 Å². The van der Waals surface area contributed by atoms with Crippen molar-refractivity contribution >= 4 is 32.3 Å². The van der Waals surface area contributed by atoms with Crippen LogP contribution in [-0.4, -0.2) is 42.3 Å². The summed E-state index contributed by atoms with van der Waals surface area (Å²) in [5, 5.41) is 53.0. The molecule has 0 amide bonds. The highest BCUT2D eigenvalue weighted by molar-refractivity contribution is 6.08. The lowest BCUT2D eigenvalue weighted by molar-refractivity contribution is 0.138. The van der Waals surface area contributed by atoms with Crippen LogP contribution >= 0.6 is 0 Å². The summed E-state index contributed by atoms with van der Waals surface area (Å²) < 4.78 is 0. The number of hydrogen-bond acceptors (Lipinski definition) is 6. The van der Waals surface area contributed by atoms with Gasteiger partial charge in [0.15, 0.2) is 0 Å². The van der Waals surface area contributed by atoms with Gasteiger partial charge in [-0.1, -0.05) is 150 Å². The smallest absolute Gasteiger partial charge is 0.121 e. The van der Waals surface area contributed by atoms with Crippen LogP contribution in [0.15, 0.2) is 115 Å². The van der Waals surface area contributed by atoms with Gasteiger partial charge in [-0.15, -0.1) is 0 Å². The van der Waals surface area contributed by atoms with Gasteiger partial charge in [0.25, 0.3) is 0 Å². The van der Waals surface area contributed by atoms with E-state index < -0.39 is 0 Å². The highest BCUT2D eigenvalue weighted by Crippen LogP contribution is 2.45. The molecular formula is C56H62N2O4. The van der Waals surface area contributed by atoms with Gasteiger partial charge in [-0.2, -0.15) is 0 Å². The SMILES string of the molecule is CC(C)(C)c1ccc(O)c(CN(Cc2c(O)cc(-c3cc(O)c(CN(Cc4c(O)ccc5ccccc45)C4CCCCC4)c4ccccc34)c3ccccc23)C2CCCCC2)c1. The standard InChI is InChI=1S/C56H62N2O4/c1-56(2,3)39-27-29-52(59)38(30-39)33-57(40-17-6-4-7-18-40)35-50-45-24-14-12-22-43(45)47(31-54(50)61)48-32-55(62)51(46-25-15-13-23-44(46)48)36-58(41-19-8-5-9-20-41)34-49-42-21-11-10-16-37(42)26-28-53(49)60/h10-16,21-32,40-41,59-62H,4-9,17-20,33-36H2,1-3H3. The molecule has 0 heterocycles. The molecule has 2 aliphatic carbocycles. The van der Waals surface area contributed by atoms with Crippen molar-refractivity contribution in [2.24, 2.45) is 0 Å². The van der Waals surface area contributed by atoms with Gasteiger partial charge < -0.3 is 20.4 Å². The van der Waals surface area contributed by atoms with E-state index in [1.807, 2.05) is 60.7 Å². The Labute approximate surface area is 367 Å². The number of aromatic hydroxyl groups is 4. The highest BCUT2D eigenvalue weighted by atomic mass is 16.3. The molecule has 0 bridgehead atoms. The Morgan fingerprint density at radius 2 is 0.871 bits per heavy atom. The molecule has 0 spiro atoms. The fourth-order valence-electron chi connectivity index (χ4n) is 10.6. The van der Waals surface area contributed by atoms with E-state index in [0.29, 0.717) is 49.8 Å². The molecular weight excluding hydrogens is 765 g/mol. The van der Waals surface area contributed by atoms with Crippen LogP contribution in [0.3, 0.4) is 0 Å². The zero-order valence-electron chi connectivity index (χ0n) is 36.7. The molecule has 7 aromatic rings. The molecule has 2 aliphatic rings. The fraction of sp³-hybridized carbons (Fsp3) is 0.357. The molecule has 0 atom stereocenters. The predicted octanol–water partition coefficient (Wildman–Crippen LogP) is 13.6. The topological polar surface area (TPSA) is 87.4 Å². The molecule has 0 saturated heterocycles. The van der Waals surface area contributed by atoms with Gasteiger partial charge in [0.1, 0.15) is 23.0 Å². The minimum absolute atomic E-state index is 0.0462. The second kappa shape index (κ2) is 17.7. The summed E-state index contributed by atoms with van der Waals surface area (Å²) in [6.07, 6.45) is 11.5. The van der Waals surface area contributed by atoms with E-state index >= 15 is 0 Å². The van der Waals surface area contributed by atoms with E-state index in [2.05, 4.69) is 85.2 Å². The Morgan fingerprint density at radius 3 is 1.39 bits per heavy atom. The Morgan fingerprint density at radius 1 is 0.435 bits per heavy atom. The van der Waals surface area contributed by atoms with Gasteiger partial charge >= 0.3 is 0 Å². The zero-order chi connectivity index (χ0) is 43.0. The molecule has 62 heavy (non-hydrogen) atoms. The first-order valence-corrected chi connectivity index (χ1v) is 23.0.